The van der Waals surface area contributed by atoms with E-state index in [-0.39, 0.29) is 11.5 Å². The van der Waals surface area contributed by atoms with Crippen LogP contribution in [0.4, 0.5) is 13.2 Å². The van der Waals surface area contributed by atoms with Gasteiger partial charge in [0.05, 0.1) is 0 Å². The Morgan fingerprint density at radius 1 is 0.875 bits per heavy atom. The predicted molar refractivity (Wildman–Crippen MR) is 51.7 cm³/mol. The lowest BCUT2D eigenvalue weighted by atomic mass is 10.3. The molecule has 0 heterocycles. The molecule has 0 saturated carbocycles. The van der Waals surface area contributed by atoms with Gasteiger partial charge >= 0.3 is 0 Å². The monoisotopic (exact) mass is 223 g/mol. The Balaban J connectivity index is 2.27. The minimum atomic E-state index is -0.752. The molecule has 0 aromatic heterocycles. The fourth-order valence-electron chi connectivity index (χ4n) is 1.21. The van der Waals surface area contributed by atoms with Crippen LogP contribution in [0.1, 0.15) is 0 Å². The van der Waals surface area contributed by atoms with Crippen LogP contribution in [0.3, 0.4) is 0 Å². The molecular formula is C12H6F3O. The number of ether oxygens (including phenoxy) is 1. The molecule has 0 fully saturated rings. The average molecular weight is 223 g/mol. The topological polar surface area (TPSA) is 9.23 Å². The smallest absolute Gasteiger partial charge is 0.134 e. The Morgan fingerprint density at radius 2 is 1.56 bits per heavy atom. The largest absolute Gasteiger partial charge is 0.457 e. The lowest BCUT2D eigenvalue weighted by Gasteiger charge is -2.05. The van der Waals surface area contributed by atoms with E-state index >= 15 is 0 Å². The van der Waals surface area contributed by atoms with E-state index in [1.807, 2.05) is 0 Å². The molecule has 0 bridgehead atoms. The van der Waals surface area contributed by atoms with Crippen molar-refractivity contribution in [3.8, 4) is 11.5 Å². The van der Waals surface area contributed by atoms with Crippen molar-refractivity contribution in [1.82, 2.24) is 0 Å². The summed E-state index contributed by atoms with van der Waals surface area (Å²) in [7, 11) is 0. The molecule has 16 heavy (non-hydrogen) atoms. The zero-order valence-electron chi connectivity index (χ0n) is 8.01. The van der Waals surface area contributed by atoms with E-state index in [2.05, 4.69) is 6.07 Å². The molecule has 2 aromatic carbocycles. The summed E-state index contributed by atoms with van der Waals surface area (Å²) in [5.41, 5.74) is 0. The highest BCUT2D eigenvalue weighted by Crippen LogP contribution is 2.23. The highest BCUT2D eigenvalue weighted by Gasteiger charge is 2.03. The van der Waals surface area contributed by atoms with Crippen molar-refractivity contribution in [2.45, 2.75) is 0 Å². The van der Waals surface area contributed by atoms with Crippen LogP contribution in [0.15, 0.2) is 36.4 Å². The third-order valence-corrected chi connectivity index (χ3v) is 1.81. The minimum absolute atomic E-state index is 0.0249. The zero-order chi connectivity index (χ0) is 11.5. The molecular weight excluding hydrogens is 217 g/mol. The van der Waals surface area contributed by atoms with E-state index < -0.39 is 17.5 Å². The molecule has 0 unspecified atom stereocenters. The van der Waals surface area contributed by atoms with Gasteiger partial charge in [-0.05, 0) is 12.1 Å². The first kappa shape index (κ1) is 10.5. The van der Waals surface area contributed by atoms with Gasteiger partial charge in [0.15, 0.2) is 0 Å². The quantitative estimate of drug-likeness (QED) is 0.754. The van der Waals surface area contributed by atoms with E-state index in [4.69, 9.17) is 4.74 Å². The van der Waals surface area contributed by atoms with Crippen molar-refractivity contribution in [3.05, 3.63) is 59.9 Å². The van der Waals surface area contributed by atoms with Crippen LogP contribution in [-0.2, 0) is 0 Å². The van der Waals surface area contributed by atoms with E-state index in [1.54, 1.807) is 0 Å². The number of hydrogen-bond donors (Lipinski definition) is 0. The normalized spacial score (nSPS) is 10.2. The average Bonchev–Trinajstić information content (AvgIpc) is 2.15. The van der Waals surface area contributed by atoms with Gasteiger partial charge in [-0.15, -0.1) is 0 Å². The van der Waals surface area contributed by atoms with Crippen LogP contribution in [0.25, 0.3) is 0 Å². The third kappa shape index (κ3) is 2.53. The van der Waals surface area contributed by atoms with Gasteiger partial charge in [-0.3, -0.25) is 0 Å². The summed E-state index contributed by atoms with van der Waals surface area (Å²) >= 11 is 0. The number of benzene rings is 2. The van der Waals surface area contributed by atoms with Gasteiger partial charge in [-0.25, -0.2) is 13.2 Å². The summed E-state index contributed by atoms with van der Waals surface area (Å²) in [6, 6.07) is 8.87. The first-order chi connectivity index (χ1) is 7.63. The Hall–Kier alpha value is -1.97. The maximum atomic E-state index is 12.8. The lowest BCUT2D eigenvalue weighted by Crippen LogP contribution is -1.88. The summed E-state index contributed by atoms with van der Waals surface area (Å²) < 4.78 is 43.4. The van der Waals surface area contributed by atoms with Crippen LogP contribution in [0.2, 0.25) is 0 Å². The van der Waals surface area contributed by atoms with Crippen molar-refractivity contribution in [3.63, 3.8) is 0 Å². The summed E-state index contributed by atoms with van der Waals surface area (Å²) in [4.78, 5) is 0. The van der Waals surface area contributed by atoms with Gasteiger partial charge in [0.25, 0.3) is 0 Å². The molecule has 0 aliphatic carbocycles. The first-order valence-electron chi connectivity index (χ1n) is 4.45. The Morgan fingerprint density at radius 3 is 2.19 bits per heavy atom. The van der Waals surface area contributed by atoms with Crippen molar-refractivity contribution in [2.75, 3.05) is 0 Å². The molecule has 81 valence electrons. The molecule has 1 nitrogen and oxygen atoms in total. The predicted octanol–water partition coefficient (Wildman–Crippen LogP) is 3.70. The second-order valence-electron chi connectivity index (χ2n) is 3.08. The molecule has 0 amide bonds. The number of rotatable bonds is 2. The van der Waals surface area contributed by atoms with Gasteiger partial charge in [-0.1, -0.05) is 0 Å². The van der Waals surface area contributed by atoms with Crippen LogP contribution >= 0.6 is 0 Å². The second-order valence-corrected chi connectivity index (χ2v) is 3.08. The summed E-state index contributed by atoms with van der Waals surface area (Å²) in [6.07, 6.45) is 0. The van der Waals surface area contributed by atoms with Crippen molar-refractivity contribution >= 4 is 0 Å². The molecule has 4 heteroatoms. The summed E-state index contributed by atoms with van der Waals surface area (Å²) in [5.74, 6) is -1.98. The van der Waals surface area contributed by atoms with E-state index in [0.717, 1.165) is 24.3 Å². The van der Waals surface area contributed by atoms with Crippen molar-refractivity contribution in [2.24, 2.45) is 0 Å². The highest BCUT2D eigenvalue weighted by atomic mass is 19.1. The summed E-state index contributed by atoms with van der Waals surface area (Å²) in [5, 5.41) is 0. The van der Waals surface area contributed by atoms with Crippen molar-refractivity contribution < 1.29 is 17.9 Å². The third-order valence-electron chi connectivity index (χ3n) is 1.81. The summed E-state index contributed by atoms with van der Waals surface area (Å²) in [6.45, 7) is 0. The molecule has 0 aliphatic rings. The molecule has 1 radical (unpaired) electrons. The Kier molecular flexibility index (Phi) is 2.81. The zero-order valence-corrected chi connectivity index (χ0v) is 8.01. The van der Waals surface area contributed by atoms with Gasteiger partial charge in [-0.2, -0.15) is 0 Å². The second kappa shape index (κ2) is 4.26. The fraction of sp³-hybridized carbons (Fsp3) is 0. The SMILES string of the molecule is Fc1[c]ccc(Oc2cc(F)cc(F)c2)c1. The fourth-order valence-corrected chi connectivity index (χ4v) is 1.21. The van der Waals surface area contributed by atoms with Gasteiger partial charge in [0.2, 0.25) is 0 Å². The first-order valence-corrected chi connectivity index (χ1v) is 4.45. The van der Waals surface area contributed by atoms with Crippen LogP contribution in [0, 0.1) is 23.5 Å². The van der Waals surface area contributed by atoms with Gasteiger partial charge < -0.3 is 4.74 Å². The maximum absolute atomic E-state index is 12.8. The molecule has 0 N–H and O–H groups in total. The molecule has 2 rings (SSSR count). The van der Waals surface area contributed by atoms with Gasteiger partial charge in [0, 0.05) is 30.3 Å². The van der Waals surface area contributed by atoms with E-state index in [0.29, 0.717) is 0 Å². The molecule has 0 spiro atoms. The number of halogens is 3. The standard InChI is InChI=1S/C12H6F3O/c13-8-2-1-3-11(5-8)16-12-6-9(14)4-10(15)7-12/h1,3-7H. The lowest BCUT2D eigenvalue weighted by molar-refractivity contribution is 0.463. The van der Waals surface area contributed by atoms with E-state index in [1.165, 1.54) is 12.1 Å². The van der Waals surface area contributed by atoms with Crippen molar-refractivity contribution in [1.29, 1.82) is 0 Å². The molecule has 0 aliphatic heterocycles. The maximum Gasteiger partial charge on any atom is 0.134 e. The Bertz CT molecular complexity index is 491. The minimum Gasteiger partial charge on any atom is -0.457 e. The highest BCUT2D eigenvalue weighted by molar-refractivity contribution is 5.31. The van der Waals surface area contributed by atoms with E-state index in [9.17, 15) is 13.2 Å². The van der Waals surface area contributed by atoms with Crippen LogP contribution in [-0.4, -0.2) is 0 Å². The van der Waals surface area contributed by atoms with Gasteiger partial charge in [0.1, 0.15) is 29.0 Å². The van der Waals surface area contributed by atoms with Crippen LogP contribution < -0.4 is 4.74 Å². The molecule has 2 aromatic rings. The van der Waals surface area contributed by atoms with Crippen LogP contribution in [0.5, 0.6) is 11.5 Å². The number of hydrogen-bond acceptors (Lipinski definition) is 1. The molecule has 0 saturated heterocycles. The molecule has 0 atom stereocenters. The Labute approximate surface area is 90.1 Å².